The van der Waals surface area contributed by atoms with Gasteiger partial charge in [0.05, 0.1) is 17.9 Å². The van der Waals surface area contributed by atoms with Crippen LogP contribution < -0.4 is 11.5 Å². The number of likely N-dealkylation sites (tertiary alicyclic amines) is 1. The van der Waals surface area contributed by atoms with Gasteiger partial charge in [0.1, 0.15) is 0 Å². The van der Waals surface area contributed by atoms with Crippen molar-refractivity contribution in [2.24, 2.45) is 16.5 Å². The summed E-state index contributed by atoms with van der Waals surface area (Å²) in [4.78, 5) is 9.02. The summed E-state index contributed by atoms with van der Waals surface area (Å²) in [6, 6.07) is 1.24. The molecule has 2 heterocycles. The summed E-state index contributed by atoms with van der Waals surface area (Å²) in [5.41, 5.74) is 12.5. The van der Waals surface area contributed by atoms with E-state index in [1.54, 1.807) is 0 Å². The normalized spacial score (nSPS) is 25.6. The molecule has 0 aromatic rings. The number of fused-ring (bicyclic) bond motifs is 2. The van der Waals surface area contributed by atoms with Crippen molar-refractivity contribution in [3.05, 3.63) is 24.0 Å². The first kappa shape index (κ1) is 17.8. The molecule has 130 valence electrons. The predicted octanol–water partition coefficient (Wildman–Crippen LogP) is 1.25. The van der Waals surface area contributed by atoms with Gasteiger partial charge < -0.3 is 21.1 Å². The van der Waals surface area contributed by atoms with Gasteiger partial charge in [-0.2, -0.15) is 0 Å². The van der Waals surface area contributed by atoms with Crippen LogP contribution in [-0.4, -0.2) is 60.2 Å². The highest BCUT2D eigenvalue weighted by atomic mass is 16.5. The Hall–Kier alpha value is -1.53. The Kier molecular flexibility index (Phi) is 5.37. The van der Waals surface area contributed by atoms with E-state index in [0.29, 0.717) is 24.4 Å². The average molecular weight is 321 g/mol. The van der Waals surface area contributed by atoms with Crippen LogP contribution >= 0.6 is 0 Å². The molecule has 2 fully saturated rings. The van der Waals surface area contributed by atoms with Gasteiger partial charge in [0.2, 0.25) is 0 Å². The molecule has 0 radical (unpaired) electrons. The maximum atomic E-state index is 5.80. The second-order valence-electron chi connectivity index (χ2n) is 7.52. The monoisotopic (exact) mass is 321 g/mol. The van der Waals surface area contributed by atoms with Gasteiger partial charge in [-0.1, -0.05) is 6.58 Å². The summed E-state index contributed by atoms with van der Waals surface area (Å²) in [6.07, 6.45) is 4.47. The van der Waals surface area contributed by atoms with Gasteiger partial charge in [-0.25, -0.2) is 4.99 Å². The summed E-state index contributed by atoms with van der Waals surface area (Å²) < 4.78 is 5.80. The molecule has 0 spiro atoms. The predicted molar refractivity (Wildman–Crippen MR) is 94.9 cm³/mol. The van der Waals surface area contributed by atoms with Crippen LogP contribution in [0.4, 0.5) is 0 Å². The van der Waals surface area contributed by atoms with E-state index in [0.717, 1.165) is 18.8 Å². The number of ether oxygens (including phenoxy) is 1. The van der Waals surface area contributed by atoms with Gasteiger partial charge in [-0.3, -0.25) is 4.90 Å². The third kappa shape index (κ3) is 4.97. The molecule has 0 saturated carbocycles. The first-order valence-electron chi connectivity index (χ1n) is 8.25. The molecular weight excluding hydrogens is 290 g/mol. The molecule has 6 heteroatoms. The van der Waals surface area contributed by atoms with E-state index in [1.165, 1.54) is 12.8 Å². The number of allylic oxidation sites excluding steroid dienone is 1. The van der Waals surface area contributed by atoms with E-state index >= 15 is 0 Å². The maximum absolute atomic E-state index is 5.80. The number of aliphatic imine (C=N–C) groups is 1. The standard InChI is InChI=1S/C17H31N5O/c1-12(22-9-14-6-7-15(10-22)21(14)5)8-13(20-16(18)19)11-23-17(2,3)4/h8,14-15H,1,6-7,9-11H2,2-5H3,(H4,18,19,20)/b13-8-. The lowest BCUT2D eigenvalue weighted by molar-refractivity contribution is 0.0107. The molecule has 2 atom stereocenters. The summed E-state index contributed by atoms with van der Waals surface area (Å²) in [7, 11) is 2.22. The number of rotatable bonds is 5. The van der Waals surface area contributed by atoms with E-state index in [4.69, 9.17) is 16.2 Å². The number of hydrogen-bond donors (Lipinski definition) is 2. The fourth-order valence-electron chi connectivity index (χ4n) is 3.19. The molecule has 0 aliphatic carbocycles. The molecule has 0 aromatic heterocycles. The fraction of sp³-hybridized carbons (Fsp3) is 0.706. The highest BCUT2D eigenvalue weighted by Gasteiger charge is 2.37. The topological polar surface area (TPSA) is 80.1 Å². The second kappa shape index (κ2) is 6.93. The van der Waals surface area contributed by atoms with E-state index in [-0.39, 0.29) is 11.6 Å². The molecular formula is C17H31N5O. The van der Waals surface area contributed by atoms with Crippen molar-refractivity contribution in [3.8, 4) is 0 Å². The van der Waals surface area contributed by atoms with Gasteiger partial charge in [-0.15, -0.1) is 0 Å². The molecule has 2 bridgehead atoms. The minimum absolute atomic E-state index is 0.0417. The second-order valence-corrected chi connectivity index (χ2v) is 7.52. The fourth-order valence-corrected chi connectivity index (χ4v) is 3.19. The number of likely N-dealkylation sites (N-methyl/N-ethyl adjacent to an activating group) is 1. The largest absolute Gasteiger partial charge is 0.370 e. The lowest BCUT2D eigenvalue weighted by atomic mass is 10.1. The third-order valence-corrected chi connectivity index (χ3v) is 4.51. The van der Waals surface area contributed by atoms with Gasteiger partial charge >= 0.3 is 0 Å². The molecule has 23 heavy (non-hydrogen) atoms. The number of piperazine rings is 1. The van der Waals surface area contributed by atoms with Crippen molar-refractivity contribution in [3.63, 3.8) is 0 Å². The molecule has 4 N–H and O–H groups in total. The molecule has 0 aromatic carbocycles. The van der Waals surface area contributed by atoms with Crippen LogP contribution in [0.3, 0.4) is 0 Å². The maximum Gasteiger partial charge on any atom is 0.190 e. The Morgan fingerprint density at radius 3 is 2.30 bits per heavy atom. The molecule has 0 amide bonds. The van der Waals surface area contributed by atoms with Crippen molar-refractivity contribution in [2.45, 2.75) is 51.3 Å². The van der Waals surface area contributed by atoms with Gasteiger partial charge in [0.25, 0.3) is 0 Å². The molecule has 6 nitrogen and oxygen atoms in total. The lowest BCUT2D eigenvalue weighted by Gasteiger charge is -2.40. The van der Waals surface area contributed by atoms with Gasteiger partial charge in [-0.05, 0) is 46.7 Å². The number of nitrogens with zero attached hydrogens (tertiary/aromatic N) is 3. The minimum Gasteiger partial charge on any atom is -0.370 e. The van der Waals surface area contributed by atoms with Crippen molar-refractivity contribution in [1.29, 1.82) is 0 Å². The number of hydrogen-bond acceptors (Lipinski definition) is 4. The first-order chi connectivity index (χ1) is 10.7. The summed E-state index contributed by atoms with van der Waals surface area (Å²) in [6.45, 7) is 12.6. The Labute approximate surface area is 139 Å². The summed E-state index contributed by atoms with van der Waals surface area (Å²) in [5.74, 6) is 0.0417. The van der Waals surface area contributed by atoms with Crippen molar-refractivity contribution in [2.75, 3.05) is 26.7 Å². The number of nitrogens with two attached hydrogens (primary N) is 2. The van der Waals surface area contributed by atoms with Crippen LogP contribution in [0.1, 0.15) is 33.6 Å². The summed E-state index contributed by atoms with van der Waals surface area (Å²) >= 11 is 0. The molecule has 2 rings (SSSR count). The average Bonchev–Trinajstić information content (AvgIpc) is 2.64. The van der Waals surface area contributed by atoms with Gasteiger partial charge in [0.15, 0.2) is 5.96 Å². The molecule has 2 unspecified atom stereocenters. The Bertz CT molecular complexity index is 488. The van der Waals surface area contributed by atoms with Crippen LogP contribution in [-0.2, 0) is 4.74 Å². The quantitative estimate of drug-likeness (QED) is 0.452. The van der Waals surface area contributed by atoms with E-state index < -0.39 is 0 Å². The smallest absolute Gasteiger partial charge is 0.190 e. The minimum atomic E-state index is -0.244. The highest BCUT2D eigenvalue weighted by Crippen LogP contribution is 2.30. The van der Waals surface area contributed by atoms with E-state index in [1.807, 2.05) is 26.8 Å². The van der Waals surface area contributed by atoms with Crippen molar-refractivity contribution < 1.29 is 4.74 Å². The van der Waals surface area contributed by atoms with Crippen LogP contribution in [0.2, 0.25) is 0 Å². The number of guanidine groups is 1. The van der Waals surface area contributed by atoms with Crippen molar-refractivity contribution in [1.82, 2.24) is 9.80 Å². The molecule has 2 saturated heterocycles. The lowest BCUT2D eigenvalue weighted by Crippen LogP contribution is -2.51. The molecule has 2 aliphatic heterocycles. The first-order valence-corrected chi connectivity index (χ1v) is 8.25. The van der Waals surface area contributed by atoms with Crippen molar-refractivity contribution >= 4 is 5.96 Å². The Morgan fingerprint density at radius 1 is 1.26 bits per heavy atom. The molecule has 2 aliphatic rings. The van der Waals surface area contributed by atoms with Crippen LogP contribution in [0.5, 0.6) is 0 Å². The zero-order valence-electron chi connectivity index (χ0n) is 14.9. The SMILES string of the molecule is C=C(/C=C(/COC(C)(C)C)N=C(N)N)N1CC2CCC(C1)N2C. The van der Waals surface area contributed by atoms with Crippen LogP contribution in [0.15, 0.2) is 29.0 Å². The zero-order chi connectivity index (χ0) is 17.2. The zero-order valence-corrected chi connectivity index (χ0v) is 14.9. The third-order valence-electron chi connectivity index (χ3n) is 4.51. The Balaban J connectivity index is 2.05. The van der Waals surface area contributed by atoms with Crippen LogP contribution in [0, 0.1) is 0 Å². The van der Waals surface area contributed by atoms with E-state index in [9.17, 15) is 0 Å². The summed E-state index contributed by atoms with van der Waals surface area (Å²) in [5, 5.41) is 0. The highest BCUT2D eigenvalue weighted by molar-refractivity contribution is 5.76. The van der Waals surface area contributed by atoms with Gasteiger partial charge in [0, 0.05) is 30.9 Å². The Morgan fingerprint density at radius 2 is 1.83 bits per heavy atom. The van der Waals surface area contributed by atoms with Crippen LogP contribution in [0.25, 0.3) is 0 Å². The van der Waals surface area contributed by atoms with E-state index in [2.05, 4.69) is 28.4 Å².